The first-order valence-electron chi connectivity index (χ1n) is 8.41. The number of hydrogen-bond acceptors (Lipinski definition) is 3. The molecule has 21 heavy (non-hydrogen) atoms. The zero-order chi connectivity index (χ0) is 15.3. The fourth-order valence-electron chi connectivity index (χ4n) is 3.33. The highest BCUT2D eigenvalue weighted by Crippen LogP contribution is 2.35. The lowest BCUT2D eigenvalue weighted by Crippen LogP contribution is -2.27. The largest absolute Gasteiger partial charge is 0.371 e. The monoisotopic (exact) mass is 289 g/mol. The van der Waals surface area contributed by atoms with Crippen LogP contribution < -0.4 is 10.2 Å². The third-order valence-electron chi connectivity index (χ3n) is 4.74. The lowest BCUT2D eigenvalue weighted by atomic mass is 9.77. The molecular formula is C18H31N3. The second kappa shape index (κ2) is 7.26. The van der Waals surface area contributed by atoms with E-state index in [-0.39, 0.29) is 0 Å². The summed E-state index contributed by atoms with van der Waals surface area (Å²) in [5, 5.41) is 3.43. The van der Waals surface area contributed by atoms with E-state index in [0.717, 1.165) is 19.0 Å². The van der Waals surface area contributed by atoms with Crippen molar-refractivity contribution in [2.24, 2.45) is 11.3 Å². The molecule has 2 heterocycles. The van der Waals surface area contributed by atoms with Gasteiger partial charge in [0.2, 0.25) is 0 Å². The molecule has 0 aromatic carbocycles. The zero-order valence-electron chi connectivity index (χ0n) is 14.2. The Kier molecular flexibility index (Phi) is 5.63. The summed E-state index contributed by atoms with van der Waals surface area (Å²) in [6, 6.07) is 2.18. The number of anilines is 1. The third-order valence-corrected chi connectivity index (χ3v) is 4.74. The van der Waals surface area contributed by atoms with Crippen molar-refractivity contribution in [1.82, 2.24) is 10.3 Å². The standard InChI is InChI=1S/C18H31N3/c1-5-19-13-15-14-20-10-8-17(15)21-11-6-7-16(9-12-21)18(2,3)4/h8,10,14,16,19H,5-7,9,11-13H2,1-4H3. The van der Waals surface area contributed by atoms with Gasteiger partial charge >= 0.3 is 0 Å². The van der Waals surface area contributed by atoms with Crippen molar-refractivity contribution >= 4 is 5.69 Å². The second-order valence-electron chi connectivity index (χ2n) is 7.27. The molecule has 1 N–H and O–H groups in total. The summed E-state index contributed by atoms with van der Waals surface area (Å²) in [6.45, 7) is 13.6. The van der Waals surface area contributed by atoms with Crippen molar-refractivity contribution in [3.8, 4) is 0 Å². The van der Waals surface area contributed by atoms with Gasteiger partial charge in [-0.1, -0.05) is 27.7 Å². The Balaban J connectivity index is 2.08. The van der Waals surface area contributed by atoms with Crippen molar-refractivity contribution in [1.29, 1.82) is 0 Å². The van der Waals surface area contributed by atoms with Gasteiger partial charge in [-0.25, -0.2) is 0 Å². The summed E-state index contributed by atoms with van der Waals surface area (Å²) in [4.78, 5) is 6.87. The molecule has 0 saturated carbocycles. The van der Waals surface area contributed by atoms with Crippen LogP contribution >= 0.6 is 0 Å². The van der Waals surface area contributed by atoms with Crippen LogP contribution in [0.1, 0.15) is 52.5 Å². The Labute approximate surface area is 130 Å². The molecule has 1 fully saturated rings. The average Bonchev–Trinajstić information content (AvgIpc) is 2.71. The van der Waals surface area contributed by atoms with Crippen molar-refractivity contribution in [2.75, 3.05) is 24.5 Å². The third kappa shape index (κ3) is 4.44. The molecule has 0 amide bonds. The molecule has 1 unspecified atom stereocenters. The fourth-order valence-corrected chi connectivity index (χ4v) is 3.33. The van der Waals surface area contributed by atoms with Gasteiger partial charge in [0.1, 0.15) is 0 Å². The highest BCUT2D eigenvalue weighted by molar-refractivity contribution is 5.52. The number of rotatable bonds is 4. The number of nitrogens with one attached hydrogen (secondary N) is 1. The van der Waals surface area contributed by atoms with E-state index in [1.54, 1.807) is 0 Å². The number of nitrogens with zero attached hydrogens (tertiary/aromatic N) is 2. The summed E-state index contributed by atoms with van der Waals surface area (Å²) < 4.78 is 0. The molecule has 0 radical (unpaired) electrons. The maximum absolute atomic E-state index is 4.30. The van der Waals surface area contributed by atoms with Crippen LogP contribution in [0.5, 0.6) is 0 Å². The molecule has 1 aromatic heterocycles. The zero-order valence-corrected chi connectivity index (χ0v) is 14.2. The topological polar surface area (TPSA) is 28.2 Å². The average molecular weight is 289 g/mol. The van der Waals surface area contributed by atoms with Crippen LogP contribution in [-0.2, 0) is 6.54 Å². The fraction of sp³-hybridized carbons (Fsp3) is 0.722. The summed E-state index contributed by atoms with van der Waals surface area (Å²) in [5.74, 6) is 0.835. The van der Waals surface area contributed by atoms with Gasteiger partial charge in [0.15, 0.2) is 0 Å². The normalized spacial score (nSPS) is 20.4. The predicted molar refractivity (Wildman–Crippen MR) is 90.6 cm³/mol. The van der Waals surface area contributed by atoms with Crippen molar-refractivity contribution in [2.45, 2.75) is 53.5 Å². The summed E-state index contributed by atoms with van der Waals surface area (Å²) in [7, 11) is 0. The highest BCUT2D eigenvalue weighted by atomic mass is 15.1. The molecule has 2 rings (SSSR count). The van der Waals surface area contributed by atoms with Crippen LogP contribution in [-0.4, -0.2) is 24.6 Å². The van der Waals surface area contributed by atoms with Crippen LogP contribution in [0.2, 0.25) is 0 Å². The van der Waals surface area contributed by atoms with E-state index in [1.807, 2.05) is 12.4 Å². The Bertz CT molecular complexity index is 436. The number of pyridine rings is 1. The van der Waals surface area contributed by atoms with E-state index in [9.17, 15) is 0 Å². The lowest BCUT2D eigenvalue weighted by Gasteiger charge is -2.30. The Morgan fingerprint density at radius 3 is 2.81 bits per heavy atom. The van der Waals surface area contributed by atoms with Crippen LogP contribution in [0, 0.1) is 11.3 Å². The van der Waals surface area contributed by atoms with E-state index in [1.165, 1.54) is 43.6 Å². The van der Waals surface area contributed by atoms with Gasteiger partial charge in [-0.3, -0.25) is 4.98 Å². The first-order valence-corrected chi connectivity index (χ1v) is 8.41. The first-order chi connectivity index (χ1) is 10.0. The lowest BCUT2D eigenvalue weighted by molar-refractivity contribution is 0.220. The molecule has 0 spiro atoms. The second-order valence-corrected chi connectivity index (χ2v) is 7.27. The van der Waals surface area contributed by atoms with Crippen LogP contribution in [0.4, 0.5) is 5.69 Å². The van der Waals surface area contributed by atoms with Crippen molar-refractivity contribution in [3.63, 3.8) is 0 Å². The molecule has 3 heteroatoms. The maximum Gasteiger partial charge on any atom is 0.0442 e. The molecule has 1 atom stereocenters. The smallest absolute Gasteiger partial charge is 0.0442 e. The molecule has 1 aliphatic heterocycles. The number of hydrogen-bond donors (Lipinski definition) is 1. The van der Waals surface area contributed by atoms with Gasteiger partial charge in [-0.05, 0) is 43.2 Å². The maximum atomic E-state index is 4.30. The minimum absolute atomic E-state index is 0.431. The van der Waals surface area contributed by atoms with E-state index >= 15 is 0 Å². The molecule has 1 aromatic rings. The summed E-state index contributed by atoms with van der Waals surface area (Å²) in [6.07, 6.45) is 7.89. The number of aromatic nitrogens is 1. The molecular weight excluding hydrogens is 258 g/mol. The highest BCUT2D eigenvalue weighted by Gasteiger charge is 2.27. The van der Waals surface area contributed by atoms with Gasteiger partial charge in [0.25, 0.3) is 0 Å². The molecule has 118 valence electrons. The van der Waals surface area contributed by atoms with E-state index in [0.29, 0.717) is 5.41 Å². The van der Waals surface area contributed by atoms with E-state index < -0.39 is 0 Å². The summed E-state index contributed by atoms with van der Waals surface area (Å²) in [5.41, 5.74) is 3.13. The van der Waals surface area contributed by atoms with Gasteiger partial charge in [-0.2, -0.15) is 0 Å². The minimum atomic E-state index is 0.431. The molecule has 0 bridgehead atoms. The molecule has 1 aliphatic rings. The summed E-state index contributed by atoms with van der Waals surface area (Å²) >= 11 is 0. The quantitative estimate of drug-likeness (QED) is 0.912. The predicted octanol–water partition coefficient (Wildman–Crippen LogP) is 3.84. The molecule has 1 saturated heterocycles. The van der Waals surface area contributed by atoms with E-state index in [2.05, 4.69) is 49.0 Å². The Hall–Kier alpha value is -1.09. The van der Waals surface area contributed by atoms with Gasteiger partial charge < -0.3 is 10.2 Å². The van der Waals surface area contributed by atoms with Crippen LogP contribution in [0.3, 0.4) is 0 Å². The molecule has 3 nitrogen and oxygen atoms in total. The van der Waals surface area contributed by atoms with Gasteiger partial charge in [-0.15, -0.1) is 0 Å². The Morgan fingerprint density at radius 2 is 2.10 bits per heavy atom. The van der Waals surface area contributed by atoms with E-state index in [4.69, 9.17) is 0 Å². The first kappa shape index (κ1) is 16.3. The SMILES string of the molecule is CCNCc1cnccc1N1CCCC(C(C)(C)C)CC1. The van der Waals surface area contributed by atoms with Crippen molar-refractivity contribution < 1.29 is 0 Å². The van der Waals surface area contributed by atoms with Gasteiger partial charge in [0, 0.05) is 43.3 Å². The Morgan fingerprint density at radius 1 is 1.29 bits per heavy atom. The van der Waals surface area contributed by atoms with Crippen LogP contribution in [0.15, 0.2) is 18.5 Å². The molecule has 0 aliphatic carbocycles. The van der Waals surface area contributed by atoms with Crippen molar-refractivity contribution in [3.05, 3.63) is 24.0 Å². The van der Waals surface area contributed by atoms with Gasteiger partial charge in [0.05, 0.1) is 0 Å². The minimum Gasteiger partial charge on any atom is -0.371 e. The van der Waals surface area contributed by atoms with Crippen LogP contribution in [0.25, 0.3) is 0 Å².